The normalized spacial score (nSPS) is 18.0. The SMILES string of the molecule is Cc1ccc(C(C)C)c(OC[C@@H](O)CN2CCCCC2)c1. The van der Waals surface area contributed by atoms with Crippen molar-refractivity contribution in [1.29, 1.82) is 0 Å². The minimum Gasteiger partial charge on any atom is -0.491 e. The van der Waals surface area contributed by atoms with Crippen LogP contribution >= 0.6 is 0 Å². The largest absolute Gasteiger partial charge is 0.491 e. The maximum Gasteiger partial charge on any atom is 0.123 e. The molecule has 1 atom stereocenters. The quantitative estimate of drug-likeness (QED) is 0.872. The Balaban J connectivity index is 1.88. The fourth-order valence-electron chi connectivity index (χ4n) is 2.92. The Bertz CT molecular complexity index is 439. The fraction of sp³-hybridized carbons (Fsp3) is 0.667. The molecular weight excluding hydrogens is 262 g/mol. The van der Waals surface area contributed by atoms with Crippen LogP contribution in [0.2, 0.25) is 0 Å². The summed E-state index contributed by atoms with van der Waals surface area (Å²) in [7, 11) is 0. The molecule has 1 N–H and O–H groups in total. The summed E-state index contributed by atoms with van der Waals surface area (Å²) in [5.74, 6) is 1.35. The van der Waals surface area contributed by atoms with Gasteiger partial charge in [0.25, 0.3) is 0 Å². The summed E-state index contributed by atoms with van der Waals surface area (Å²) < 4.78 is 5.91. The van der Waals surface area contributed by atoms with Gasteiger partial charge in [-0.1, -0.05) is 32.4 Å². The topological polar surface area (TPSA) is 32.7 Å². The van der Waals surface area contributed by atoms with Crippen LogP contribution in [0.4, 0.5) is 0 Å². The molecular formula is C18H29NO2. The number of nitrogens with zero attached hydrogens (tertiary/aromatic N) is 1. The van der Waals surface area contributed by atoms with Crippen molar-refractivity contribution in [2.75, 3.05) is 26.2 Å². The molecule has 0 unspecified atom stereocenters. The van der Waals surface area contributed by atoms with Crippen LogP contribution in [0.25, 0.3) is 0 Å². The molecule has 1 heterocycles. The van der Waals surface area contributed by atoms with Gasteiger partial charge in [0.15, 0.2) is 0 Å². The van der Waals surface area contributed by atoms with E-state index in [0.29, 0.717) is 12.5 Å². The van der Waals surface area contributed by atoms with Crippen LogP contribution in [-0.4, -0.2) is 42.4 Å². The van der Waals surface area contributed by atoms with Crippen LogP contribution in [0, 0.1) is 6.92 Å². The minimum absolute atomic E-state index is 0.375. The van der Waals surface area contributed by atoms with Gasteiger partial charge in [0.05, 0.1) is 0 Å². The van der Waals surface area contributed by atoms with Crippen molar-refractivity contribution in [2.45, 2.75) is 52.1 Å². The van der Waals surface area contributed by atoms with E-state index in [1.165, 1.54) is 30.4 Å². The van der Waals surface area contributed by atoms with Crippen LogP contribution < -0.4 is 4.74 Å². The van der Waals surface area contributed by atoms with Crippen molar-refractivity contribution in [1.82, 2.24) is 4.90 Å². The minimum atomic E-state index is -0.413. The van der Waals surface area contributed by atoms with E-state index in [9.17, 15) is 5.11 Å². The number of ether oxygens (including phenoxy) is 1. The van der Waals surface area contributed by atoms with Crippen LogP contribution in [0.15, 0.2) is 18.2 Å². The van der Waals surface area contributed by atoms with Gasteiger partial charge in [-0.05, 0) is 56.0 Å². The maximum atomic E-state index is 10.2. The molecule has 0 aliphatic carbocycles. The number of β-amino-alcohol motifs (C(OH)–C–C–N with tert-alkyl or cyclic N) is 1. The number of rotatable bonds is 6. The molecule has 3 nitrogen and oxygen atoms in total. The van der Waals surface area contributed by atoms with Crippen molar-refractivity contribution < 1.29 is 9.84 Å². The molecule has 118 valence electrons. The molecule has 1 aromatic rings. The van der Waals surface area contributed by atoms with Crippen LogP contribution in [-0.2, 0) is 0 Å². The van der Waals surface area contributed by atoms with E-state index in [2.05, 4.69) is 43.9 Å². The Labute approximate surface area is 128 Å². The second-order valence-electron chi connectivity index (χ2n) is 6.52. The molecule has 1 saturated heterocycles. The Morgan fingerprint density at radius 2 is 1.90 bits per heavy atom. The molecule has 1 aromatic carbocycles. The van der Waals surface area contributed by atoms with E-state index < -0.39 is 6.10 Å². The van der Waals surface area contributed by atoms with E-state index in [4.69, 9.17) is 4.74 Å². The number of aryl methyl sites for hydroxylation is 1. The van der Waals surface area contributed by atoms with Gasteiger partial charge in [-0.25, -0.2) is 0 Å². The van der Waals surface area contributed by atoms with Crippen molar-refractivity contribution >= 4 is 0 Å². The molecule has 0 bridgehead atoms. The lowest BCUT2D eigenvalue weighted by molar-refractivity contribution is 0.0613. The smallest absolute Gasteiger partial charge is 0.123 e. The lowest BCUT2D eigenvalue weighted by Gasteiger charge is -2.28. The zero-order valence-corrected chi connectivity index (χ0v) is 13.6. The molecule has 1 aliphatic heterocycles. The highest BCUT2D eigenvalue weighted by Crippen LogP contribution is 2.27. The number of hydrogen-bond acceptors (Lipinski definition) is 3. The molecule has 0 saturated carbocycles. The monoisotopic (exact) mass is 291 g/mol. The van der Waals surface area contributed by atoms with Gasteiger partial charge in [0.2, 0.25) is 0 Å². The van der Waals surface area contributed by atoms with Gasteiger partial charge in [0.1, 0.15) is 18.5 Å². The second kappa shape index (κ2) is 7.81. The molecule has 0 amide bonds. The number of piperidine rings is 1. The van der Waals surface area contributed by atoms with Crippen LogP contribution in [0.1, 0.15) is 50.2 Å². The van der Waals surface area contributed by atoms with Gasteiger partial charge in [-0.3, -0.25) is 0 Å². The molecule has 0 aromatic heterocycles. The van der Waals surface area contributed by atoms with E-state index in [1.54, 1.807) is 0 Å². The summed E-state index contributed by atoms with van der Waals surface area (Å²) in [6.07, 6.45) is 3.42. The van der Waals surface area contributed by atoms with E-state index in [-0.39, 0.29) is 0 Å². The number of hydrogen-bond donors (Lipinski definition) is 1. The van der Waals surface area contributed by atoms with Crippen molar-refractivity contribution in [3.05, 3.63) is 29.3 Å². The first kappa shape index (κ1) is 16.3. The predicted octanol–water partition coefficient (Wildman–Crippen LogP) is 3.34. The number of likely N-dealkylation sites (tertiary alicyclic amines) is 1. The highest BCUT2D eigenvalue weighted by molar-refractivity contribution is 5.39. The molecule has 0 radical (unpaired) electrons. The van der Waals surface area contributed by atoms with E-state index in [1.807, 2.05) is 0 Å². The predicted molar refractivity (Wildman–Crippen MR) is 87.1 cm³/mol. The standard InChI is InChI=1S/C18H29NO2/c1-14(2)17-8-7-15(3)11-18(17)21-13-16(20)12-19-9-5-4-6-10-19/h7-8,11,14,16,20H,4-6,9-10,12-13H2,1-3H3/t16-/m0/s1. The molecule has 0 spiro atoms. The Morgan fingerprint density at radius 1 is 1.19 bits per heavy atom. The Hall–Kier alpha value is -1.06. The zero-order valence-electron chi connectivity index (χ0n) is 13.6. The number of benzene rings is 1. The average Bonchev–Trinajstić information content (AvgIpc) is 2.46. The molecule has 3 heteroatoms. The van der Waals surface area contributed by atoms with Crippen molar-refractivity contribution in [3.63, 3.8) is 0 Å². The first-order valence-corrected chi connectivity index (χ1v) is 8.20. The first-order valence-electron chi connectivity index (χ1n) is 8.20. The van der Waals surface area contributed by atoms with E-state index in [0.717, 1.165) is 25.4 Å². The molecule has 1 aliphatic rings. The lowest BCUT2D eigenvalue weighted by Crippen LogP contribution is -2.38. The summed E-state index contributed by atoms with van der Waals surface area (Å²) in [4.78, 5) is 2.34. The molecule has 21 heavy (non-hydrogen) atoms. The third-order valence-corrected chi connectivity index (χ3v) is 4.14. The van der Waals surface area contributed by atoms with Gasteiger partial charge in [0, 0.05) is 6.54 Å². The highest BCUT2D eigenvalue weighted by atomic mass is 16.5. The fourth-order valence-corrected chi connectivity index (χ4v) is 2.92. The highest BCUT2D eigenvalue weighted by Gasteiger charge is 2.16. The summed E-state index contributed by atoms with van der Waals surface area (Å²) in [5, 5.41) is 10.2. The Kier molecular flexibility index (Phi) is 6.07. The Morgan fingerprint density at radius 3 is 2.57 bits per heavy atom. The van der Waals surface area contributed by atoms with Crippen molar-refractivity contribution in [3.8, 4) is 5.75 Å². The lowest BCUT2D eigenvalue weighted by atomic mass is 10.0. The van der Waals surface area contributed by atoms with Gasteiger partial charge in [-0.15, -0.1) is 0 Å². The summed E-state index contributed by atoms with van der Waals surface area (Å²) in [6.45, 7) is 9.73. The summed E-state index contributed by atoms with van der Waals surface area (Å²) >= 11 is 0. The van der Waals surface area contributed by atoms with Crippen LogP contribution in [0.3, 0.4) is 0 Å². The number of aliphatic hydroxyl groups excluding tert-OH is 1. The number of aliphatic hydroxyl groups is 1. The summed E-state index contributed by atoms with van der Waals surface area (Å²) in [6, 6.07) is 6.32. The van der Waals surface area contributed by atoms with E-state index >= 15 is 0 Å². The van der Waals surface area contributed by atoms with Crippen molar-refractivity contribution in [2.24, 2.45) is 0 Å². The maximum absolute atomic E-state index is 10.2. The van der Waals surface area contributed by atoms with Crippen LogP contribution in [0.5, 0.6) is 5.75 Å². The molecule has 2 rings (SSSR count). The zero-order chi connectivity index (χ0) is 15.2. The third-order valence-electron chi connectivity index (χ3n) is 4.14. The van der Waals surface area contributed by atoms with Gasteiger partial charge in [-0.2, -0.15) is 0 Å². The first-order chi connectivity index (χ1) is 10.1. The molecule has 1 fully saturated rings. The summed E-state index contributed by atoms with van der Waals surface area (Å²) in [5.41, 5.74) is 2.41. The second-order valence-corrected chi connectivity index (χ2v) is 6.52. The average molecular weight is 291 g/mol. The van der Waals surface area contributed by atoms with Gasteiger partial charge < -0.3 is 14.7 Å². The third kappa shape index (κ3) is 5.01. The van der Waals surface area contributed by atoms with Gasteiger partial charge >= 0.3 is 0 Å².